The molecule has 0 radical (unpaired) electrons. The number of hydrogen-bond donors (Lipinski definition) is 0. The van der Waals surface area contributed by atoms with E-state index in [9.17, 15) is 16.8 Å². The maximum absolute atomic E-state index is 14.1. The average molecular weight is 621 g/mol. The third-order valence-electron chi connectivity index (χ3n) is 6.35. The van der Waals surface area contributed by atoms with Crippen molar-refractivity contribution in [2.45, 2.75) is 31.4 Å². The SMILES string of the molecule is COc1cc(S(=O)(=O)OS(c2ccccc2)(c2ccccc2)c2ccccc2)ccc1OS(=O)(=O)c1ccc(C)cc1. The third kappa shape index (κ3) is 5.93. The molecule has 5 aromatic carbocycles. The zero-order valence-corrected chi connectivity index (χ0v) is 25.2. The van der Waals surface area contributed by atoms with Crippen molar-refractivity contribution in [3.8, 4) is 11.5 Å². The van der Waals surface area contributed by atoms with E-state index in [0.717, 1.165) is 5.56 Å². The molecule has 0 bridgehead atoms. The Balaban J connectivity index is 1.59. The highest BCUT2D eigenvalue weighted by molar-refractivity contribution is 8.33. The molecular weight excluding hydrogens is 593 g/mol. The van der Waals surface area contributed by atoms with E-state index in [-0.39, 0.29) is 21.3 Å². The van der Waals surface area contributed by atoms with Gasteiger partial charge in [0.05, 0.1) is 12.0 Å². The average Bonchev–Trinajstić information content (AvgIpc) is 3.01. The summed E-state index contributed by atoms with van der Waals surface area (Å²) in [4.78, 5) is 1.78. The largest absolute Gasteiger partial charge is 0.493 e. The van der Waals surface area contributed by atoms with E-state index < -0.39 is 30.5 Å². The van der Waals surface area contributed by atoms with Crippen LogP contribution in [-0.4, -0.2) is 23.9 Å². The summed E-state index contributed by atoms with van der Waals surface area (Å²) in [6, 6.07) is 37.5. The minimum atomic E-state index is -4.46. The molecule has 0 aliphatic rings. The number of methoxy groups -OCH3 is 1. The van der Waals surface area contributed by atoms with Crippen LogP contribution in [0.1, 0.15) is 5.56 Å². The Bertz CT molecular complexity index is 1780. The fourth-order valence-corrected chi connectivity index (χ4v) is 10.5. The first kappa shape index (κ1) is 29.4. The van der Waals surface area contributed by atoms with Crippen molar-refractivity contribution in [3.05, 3.63) is 139 Å². The van der Waals surface area contributed by atoms with Gasteiger partial charge in [0.15, 0.2) is 11.5 Å². The first-order valence-corrected chi connectivity index (χ1v) is 17.2. The van der Waals surface area contributed by atoms with Crippen LogP contribution in [0.3, 0.4) is 0 Å². The van der Waals surface area contributed by atoms with Crippen molar-refractivity contribution in [2.75, 3.05) is 7.11 Å². The summed E-state index contributed by atoms with van der Waals surface area (Å²) in [6.45, 7) is 1.84. The van der Waals surface area contributed by atoms with Gasteiger partial charge in [-0.2, -0.15) is 16.8 Å². The predicted molar refractivity (Wildman–Crippen MR) is 162 cm³/mol. The molecule has 0 aliphatic heterocycles. The Morgan fingerprint density at radius 3 is 1.38 bits per heavy atom. The second-order valence-corrected chi connectivity index (χ2v) is 15.2. The molecule has 0 spiro atoms. The van der Waals surface area contributed by atoms with Crippen LogP contribution in [0, 0.1) is 6.92 Å². The molecule has 0 amide bonds. The highest BCUT2D eigenvalue weighted by Crippen LogP contribution is 2.70. The van der Waals surface area contributed by atoms with Gasteiger partial charge in [-0.3, -0.25) is 0 Å². The van der Waals surface area contributed by atoms with E-state index in [0.29, 0.717) is 14.7 Å². The molecule has 5 aromatic rings. The lowest BCUT2D eigenvalue weighted by Crippen LogP contribution is -2.15. The zero-order chi connectivity index (χ0) is 29.8. The Hall–Kier alpha value is -4.09. The summed E-state index contributed by atoms with van der Waals surface area (Å²) in [5, 5.41) is 0. The molecule has 7 nitrogen and oxygen atoms in total. The second kappa shape index (κ2) is 12.0. The van der Waals surface area contributed by atoms with Crippen LogP contribution >= 0.6 is 10.3 Å². The number of ether oxygens (including phenoxy) is 1. The lowest BCUT2D eigenvalue weighted by molar-refractivity contribution is 0.389. The van der Waals surface area contributed by atoms with Crippen molar-refractivity contribution in [1.82, 2.24) is 0 Å². The molecule has 0 fully saturated rings. The van der Waals surface area contributed by atoms with E-state index in [2.05, 4.69) is 0 Å². The normalized spacial score (nSPS) is 12.4. The molecule has 0 unspecified atom stereocenters. The topological polar surface area (TPSA) is 96.0 Å². The summed E-state index contributed by atoms with van der Waals surface area (Å²) in [5.41, 5.74) is 0.890. The molecule has 0 atom stereocenters. The second-order valence-electron chi connectivity index (χ2n) is 9.18. The summed E-state index contributed by atoms with van der Waals surface area (Å²) < 4.78 is 71.0. The fourth-order valence-electron chi connectivity index (χ4n) is 4.28. The van der Waals surface area contributed by atoms with E-state index in [1.807, 2.05) is 97.9 Å². The first-order valence-electron chi connectivity index (χ1n) is 12.8. The lowest BCUT2D eigenvalue weighted by Gasteiger charge is -2.39. The van der Waals surface area contributed by atoms with Gasteiger partial charge in [0, 0.05) is 20.8 Å². The van der Waals surface area contributed by atoms with E-state index in [1.165, 1.54) is 37.4 Å². The number of rotatable bonds is 10. The molecule has 0 heterocycles. The van der Waals surface area contributed by atoms with Crippen LogP contribution < -0.4 is 8.92 Å². The van der Waals surface area contributed by atoms with Gasteiger partial charge in [-0.25, -0.2) is 3.63 Å². The maximum Gasteiger partial charge on any atom is 0.339 e. The first-order chi connectivity index (χ1) is 20.2. The molecular formula is C32H28O7S3. The third-order valence-corrected chi connectivity index (χ3v) is 12.8. The van der Waals surface area contributed by atoms with Gasteiger partial charge in [0.25, 0.3) is 0 Å². The van der Waals surface area contributed by atoms with Gasteiger partial charge in [0.2, 0.25) is 0 Å². The van der Waals surface area contributed by atoms with Crippen LogP contribution in [0.2, 0.25) is 0 Å². The molecule has 0 saturated heterocycles. The number of benzene rings is 5. The highest BCUT2D eigenvalue weighted by atomic mass is 32.3. The van der Waals surface area contributed by atoms with Gasteiger partial charge >= 0.3 is 20.2 Å². The van der Waals surface area contributed by atoms with Crippen LogP contribution in [-0.2, 0) is 23.9 Å². The van der Waals surface area contributed by atoms with Crippen LogP contribution in [0.4, 0.5) is 0 Å². The summed E-state index contributed by atoms with van der Waals surface area (Å²) in [7, 11) is -10.2. The Morgan fingerprint density at radius 1 is 0.476 bits per heavy atom. The van der Waals surface area contributed by atoms with E-state index in [1.54, 1.807) is 12.1 Å². The molecule has 0 aromatic heterocycles. The lowest BCUT2D eigenvalue weighted by atomic mass is 10.2. The minimum Gasteiger partial charge on any atom is -0.493 e. The monoisotopic (exact) mass is 620 g/mol. The van der Waals surface area contributed by atoms with Crippen molar-refractivity contribution >= 4 is 30.5 Å². The van der Waals surface area contributed by atoms with Crippen molar-refractivity contribution < 1.29 is 29.4 Å². The van der Waals surface area contributed by atoms with Crippen molar-refractivity contribution in [3.63, 3.8) is 0 Å². The van der Waals surface area contributed by atoms with Gasteiger partial charge in [-0.05, 0) is 77.9 Å². The molecule has 5 rings (SSSR count). The van der Waals surface area contributed by atoms with Crippen molar-refractivity contribution in [2.24, 2.45) is 0 Å². The molecule has 42 heavy (non-hydrogen) atoms. The standard InChI is InChI=1S/C32H28O7S3/c1-25-18-20-29(21-19-25)41(33,34)38-31-23-22-30(24-32(31)37-2)42(35,36)39-40(26-12-6-3-7-13-26,27-14-8-4-9-15-27)28-16-10-5-11-17-28/h3-24H,1-2H3. The Labute approximate surface area is 248 Å². The number of aryl methyl sites for hydroxylation is 1. The predicted octanol–water partition coefficient (Wildman–Crippen LogP) is 7.37. The Morgan fingerprint density at radius 2 is 0.929 bits per heavy atom. The molecule has 0 N–H and O–H groups in total. The summed E-state index contributed by atoms with van der Waals surface area (Å²) in [6.07, 6.45) is 0. The van der Waals surface area contributed by atoms with Crippen molar-refractivity contribution in [1.29, 1.82) is 0 Å². The minimum absolute atomic E-state index is 0.0443. The maximum atomic E-state index is 14.1. The van der Waals surface area contributed by atoms with E-state index >= 15 is 0 Å². The zero-order valence-electron chi connectivity index (χ0n) is 22.8. The van der Waals surface area contributed by atoms with Crippen LogP contribution in [0.15, 0.2) is 158 Å². The van der Waals surface area contributed by atoms with Gasteiger partial charge in [-0.15, -0.1) is 0 Å². The number of hydrogen-bond acceptors (Lipinski definition) is 7. The molecule has 216 valence electrons. The van der Waals surface area contributed by atoms with Crippen LogP contribution in [0.5, 0.6) is 11.5 Å². The summed E-state index contributed by atoms with van der Waals surface area (Å²) in [5.74, 6) is -0.250. The highest BCUT2D eigenvalue weighted by Gasteiger charge is 2.38. The molecule has 0 aliphatic carbocycles. The van der Waals surface area contributed by atoms with Gasteiger partial charge in [-0.1, -0.05) is 72.3 Å². The molecule has 10 heteroatoms. The Kier molecular flexibility index (Phi) is 8.42. The van der Waals surface area contributed by atoms with Gasteiger partial charge in [0.1, 0.15) is 4.90 Å². The van der Waals surface area contributed by atoms with Crippen LogP contribution in [0.25, 0.3) is 0 Å². The smallest absolute Gasteiger partial charge is 0.339 e. The summed E-state index contributed by atoms with van der Waals surface area (Å²) >= 11 is 0. The van der Waals surface area contributed by atoms with E-state index in [4.69, 9.17) is 12.5 Å². The fraction of sp³-hybridized carbons (Fsp3) is 0.0625. The molecule has 0 saturated carbocycles. The quantitative estimate of drug-likeness (QED) is 0.150. The van der Waals surface area contributed by atoms with Gasteiger partial charge < -0.3 is 8.92 Å².